The number of rotatable bonds is 0. The predicted octanol–water partition coefficient (Wildman–Crippen LogP) is 2.08. The Kier molecular flexibility index (Phi) is 1.77. The number of nitrogens with two attached hydrogens (primary N) is 1. The second-order valence-corrected chi connectivity index (χ2v) is 4.46. The van der Waals surface area contributed by atoms with Gasteiger partial charge in [0.1, 0.15) is 0 Å². The summed E-state index contributed by atoms with van der Waals surface area (Å²) in [4.78, 5) is 0. The smallest absolute Gasteiger partial charge is 0.0379 e. The molecular weight excluding hydrogens is 172 g/mol. The molecule has 2 aliphatic rings. The molecule has 1 aromatic carbocycles. The molecule has 1 fully saturated rings. The zero-order chi connectivity index (χ0) is 9.54. The maximum atomic E-state index is 6.19. The lowest BCUT2D eigenvalue weighted by atomic mass is 9.79. The number of benzene rings is 1. The monoisotopic (exact) mass is 188 g/mol. The number of nitrogens with one attached hydrogen (secondary N) is 1. The fraction of sp³-hybridized carbons (Fsp3) is 0.500. The van der Waals surface area contributed by atoms with Crippen molar-refractivity contribution in [3.05, 3.63) is 29.8 Å². The van der Waals surface area contributed by atoms with Gasteiger partial charge in [-0.05, 0) is 30.9 Å². The van der Waals surface area contributed by atoms with Crippen molar-refractivity contribution >= 4 is 5.69 Å². The average molecular weight is 188 g/mol. The summed E-state index contributed by atoms with van der Waals surface area (Å²) in [6.45, 7) is 0. The molecule has 3 unspecified atom stereocenters. The van der Waals surface area contributed by atoms with Crippen LogP contribution < -0.4 is 11.1 Å². The van der Waals surface area contributed by atoms with Crippen LogP contribution in [0.3, 0.4) is 0 Å². The van der Waals surface area contributed by atoms with E-state index >= 15 is 0 Å². The minimum absolute atomic E-state index is 0.352. The van der Waals surface area contributed by atoms with E-state index < -0.39 is 0 Å². The highest BCUT2D eigenvalue weighted by molar-refractivity contribution is 5.60. The molecule has 3 atom stereocenters. The van der Waals surface area contributed by atoms with Crippen LogP contribution in [-0.4, -0.2) is 12.1 Å². The molecule has 1 aliphatic heterocycles. The Morgan fingerprint density at radius 1 is 1.21 bits per heavy atom. The minimum Gasteiger partial charge on any atom is -0.381 e. The number of fused-ring (bicyclic) bond motifs is 3. The normalized spacial score (nSPS) is 34.5. The van der Waals surface area contributed by atoms with Gasteiger partial charge in [-0.2, -0.15) is 0 Å². The van der Waals surface area contributed by atoms with E-state index in [0.29, 0.717) is 18.0 Å². The van der Waals surface area contributed by atoms with Crippen LogP contribution in [0.2, 0.25) is 0 Å². The largest absolute Gasteiger partial charge is 0.381 e. The van der Waals surface area contributed by atoms with E-state index in [9.17, 15) is 0 Å². The van der Waals surface area contributed by atoms with Crippen LogP contribution in [0.15, 0.2) is 24.3 Å². The molecule has 1 aromatic rings. The summed E-state index contributed by atoms with van der Waals surface area (Å²) >= 11 is 0. The standard InChI is InChI=1S/C12H16N2/c13-9-5-3-7-11-12(9)8-4-1-2-6-10(8)14-11/h1-2,4,6,9,11-12,14H,3,5,7,13H2. The Morgan fingerprint density at radius 3 is 3.00 bits per heavy atom. The van der Waals surface area contributed by atoms with Gasteiger partial charge in [0.2, 0.25) is 0 Å². The first kappa shape index (κ1) is 8.30. The van der Waals surface area contributed by atoms with Gasteiger partial charge in [0.15, 0.2) is 0 Å². The molecule has 0 aromatic heterocycles. The van der Waals surface area contributed by atoms with Gasteiger partial charge in [0, 0.05) is 23.7 Å². The number of hydrogen-bond acceptors (Lipinski definition) is 2. The molecule has 2 heteroatoms. The highest BCUT2D eigenvalue weighted by Gasteiger charge is 2.38. The zero-order valence-electron chi connectivity index (χ0n) is 8.24. The molecule has 2 nitrogen and oxygen atoms in total. The summed E-state index contributed by atoms with van der Waals surface area (Å²) in [6.07, 6.45) is 3.72. The molecule has 1 heterocycles. The van der Waals surface area contributed by atoms with Gasteiger partial charge in [0.25, 0.3) is 0 Å². The van der Waals surface area contributed by atoms with Crippen LogP contribution in [0.25, 0.3) is 0 Å². The highest BCUT2D eigenvalue weighted by atomic mass is 15.0. The SMILES string of the molecule is NC1CCCC2Nc3ccccc3C12. The highest BCUT2D eigenvalue weighted by Crippen LogP contribution is 2.42. The lowest BCUT2D eigenvalue weighted by molar-refractivity contribution is 0.369. The van der Waals surface area contributed by atoms with Crippen LogP contribution >= 0.6 is 0 Å². The lowest BCUT2D eigenvalue weighted by Gasteiger charge is -2.31. The molecule has 0 amide bonds. The van der Waals surface area contributed by atoms with Gasteiger partial charge in [-0.15, -0.1) is 0 Å². The van der Waals surface area contributed by atoms with Crippen molar-refractivity contribution in [3.63, 3.8) is 0 Å². The summed E-state index contributed by atoms with van der Waals surface area (Å²) in [7, 11) is 0. The molecule has 3 N–H and O–H groups in total. The zero-order valence-corrected chi connectivity index (χ0v) is 8.24. The number of hydrogen-bond donors (Lipinski definition) is 2. The van der Waals surface area contributed by atoms with Crippen LogP contribution in [0.4, 0.5) is 5.69 Å². The van der Waals surface area contributed by atoms with E-state index in [1.807, 2.05) is 0 Å². The van der Waals surface area contributed by atoms with Crippen LogP contribution in [-0.2, 0) is 0 Å². The van der Waals surface area contributed by atoms with Crippen LogP contribution in [0, 0.1) is 0 Å². The summed E-state index contributed by atoms with van der Waals surface area (Å²) < 4.78 is 0. The molecule has 0 saturated heterocycles. The maximum Gasteiger partial charge on any atom is 0.0379 e. The quantitative estimate of drug-likeness (QED) is 0.654. The summed E-state index contributed by atoms with van der Waals surface area (Å²) in [5, 5.41) is 3.59. The van der Waals surface area contributed by atoms with Crippen molar-refractivity contribution in [3.8, 4) is 0 Å². The van der Waals surface area contributed by atoms with Crippen molar-refractivity contribution in [2.45, 2.75) is 37.3 Å². The van der Waals surface area contributed by atoms with Gasteiger partial charge in [-0.25, -0.2) is 0 Å². The van der Waals surface area contributed by atoms with Gasteiger partial charge >= 0.3 is 0 Å². The third-order valence-corrected chi connectivity index (χ3v) is 3.61. The molecule has 0 spiro atoms. The molecule has 1 saturated carbocycles. The fourth-order valence-electron chi connectivity index (χ4n) is 2.96. The summed E-state index contributed by atoms with van der Waals surface area (Å²) in [5.74, 6) is 0.556. The molecule has 0 radical (unpaired) electrons. The van der Waals surface area contributed by atoms with Crippen molar-refractivity contribution < 1.29 is 0 Å². The first-order valence-corrected chi connectivity index (χ1v) is 5.47. The van der Waals surface area contributed by atoms with Crippen LogP contribution in [0.1, 0.15) is 30.7 Å². The van der Waals surface area contributed by atoms with E-state index in [1.165, 1.54) is 30.5 Å². The Hall–Kier alpha value is -1.02. The summed E-state index contributed by atoms with van der Waals surface area (Å²) in [5.41, 5.74) is 8.94. The van der Waals surface area contributed by atoms with E-state index in [1.54, 1.807) is 0 Å². The number of anilines is 1. The molecule has 74 valence electrons. The topological polar surface area (TPSA) is 38.0 Å². The average Bonchev–Trinajstić information content (AvgIpc) is 2.57. The fourth-order valence-corrected chi connectivity index (χ4v) is 2.96. The Balaban J connectivity index is 2.03. The third kappa shape index (κ3) is 1.07. The second kappa shape index (κ2) is 2.99. The van der Waals surface area contributed by atoms with E-state index in [0.717, 1.165) is 0 Å². The Morgan fingerprint density at radius 2 is 2.07 bits per heavy atom. The van der Waals surface area contributed by atoms with Crippen molar-refractivity contribution in [2.75, 3.05) is 5.32 Å². The molecule has 1 aliphatic carbocycles. The number of para-hydroxylation sites is 1. The van der Waals surface area contributed by atoms with Gasteiger partial charge in [-0.3, -0.25) is 0 Å². The second-order valence-electron chi connectivity index (χ2n) is 4.46. The van der Waals surface area contributed by atoms with E-state index in [4.69, 9.17) is 5.73 Å². The molecule has 3 rings (SSSR count). The van der Waals surface area contributed by atoms with Crippen molar-refractivity contribution in [2.24, 2.45) is 5.73 Å². The molecule has 14 heavy (non-hydrogen) atoms. The van der Waals surface area contributed by atoms with Gasteiger partial charge < -0.3 is 11.1 Å². The van der Waals surface area contributed by atoms with Gasteiger partial charge in [0.05, 0.1) is 0 Å². The minimum atomic E-state index is 0.352. The third-order valence-electron chi connectivity index (χ3n) is 3.61. The van der Waals surface area contributed by atoms with Gasteiger partial charge in [-0.1, -0.05) is 18.2 Å². The van der Waals surface area contributed by atoms with E-state index in [-0.39, 0.29) is 0 Å². The molecular formula is C12H16N2. The summed E-state index contributed by atoms with van der Waals surface area (Å²) in [6, 6.07) is 9.54. The van der Waals surface area contributed by atoms with E-state index in [2.05, 4.69) is 29.6 Å². The van der Waals surface area contributed by atoms with Crippen molar-refractivity contribution in [1.82, 2.24) is 0 Å². The first-order valence-electron chi connectivity index (χ1n) is 5.47. The Labute approximate surface area is 84.5 Å². The lowest BCUT2D eigenvalue weighted by Crippen LogP contribution is -2.39. The maximum absolute atomic E-state index is 6.19. The predicted molar refractivity (Wildman–Crippen MR) is 58.4 cm³/mol. The van der Waals surface area contributed by atoms with Crippen molar-refractivity contribution in [1.29, 1.82) is 0 Å². The molecule has 0 bridgehead atoms. The van der Waals surface area contributed by atoms with Crippen LogP contribution in [0.5, 0.6) is 0 Å². The Bertz CT molecular complexity index is 348. The first-order chi connectivity index (χ1) is 6.86.